The van der Waals surface area contributed by atoms with Crippen molar-refractivity contribution in [3.63, 3.8) is 0 Å². The molecule has 2 fully saturated rings. The van der Waals surface area contributed by atoms with E-state index >= 15 is 0 Å². The van der Waals surface area contributed by atoms with E-state index in [0.29, 0.717) is 36.2 Å². The highest BCUT2D eigenvalue weighted by atomic mass is 16.2. The Kier molecular flexibility index (Phi) is 4.50. The van der Waals surface area contributed by atoms with Gasteiger partial charge in [0, 0.05) is 18.3 Å². The first-order valence-electron chi connectivity index (χ1n) is 9.72. The third kappa shape index (κ3) is 3.36. The number of nitrogens with one attached hydrogen (secondary N) is 1. The van der Waals surface area contributed by atoms with E-state index in [-0.39, 0.29) is 11.8 Å². The molecule has 2 heterocycles. The number of hydrogen-bond donors (Lipinski definition) is 1. The van der Waals surface area contributed by atoms with Crippen LogP contribution in [-0.4, -0.2) is 38.6 Å². The van der Waals surface area contributed by atoms with Gasteiger partial charge >= 0.3 is 0 Å². The van der Waals surface area contributed by atoms with E-state index < -0.39 is 5.54 Å². The van der Waals surface area contributed by atoms with Crippen molar-refractivity contribution in [1.82, 2.24) is 14.7 Å². The van der Waals surface area contributed by atoms with E-state index in [4.69, 9.17) is 0 Å². The Hall–Kier alpha value is -2.63. The van der Waals surface area contributed by atoms with Crippen LogP contribution in [0.3, 0.4) is 0 Å². The number of carbonyl (C=O) groups excluding carboxylic acids is 2. The van der Waals surface area contributed by atoms with E-state index in [1.807, 2.05) is 36.0 Å². The third-order valence-corrected chi connectivity index (χ3v) is 5.98. The fraction of sp³-hybridized carbons (Fsp3) is 0.476. The molecule has 2 atom stereocenters. The smallest absolute Gasteiger partial charge is 0.254 e. The Morgan fingerprint density at radius 3 is 2.70 bits per heavy atom. The molecule has 0 bridgehead atoms. The minimum atomic E-state index is -0.850. The molecule has 1 N–H and O–H groups in total. The minimum absolute atomic E-state index is 0.0937. The van der Waals surface area contributed by atoms with Crippen LogP contribution in [0.25, 0.3) is 0 Å². The summed E-state index contributed by atoms with van der Waals surface area (Å²) in [4.78, 5) is 27.7. The minimum Gasteiger partial charge on any atom is -0.324 e. The van der Waals surface area contributed by atoms with Crippen molar-refractivity contribution in [1.29, 1.82) is 0 Å². The highest BCUT2D eigenvalue weighted by Crippen LogP contribution is 2.39. The summed E-state index contributed by atoms with van der Waals surface area (Å²) in [5.41, 5.74) is 0.453. The first kappa shape index (κ1) is 17.8. The number of hydrogen-bond acceptors (Lipinski definition) is 3. The number of anilines is 1. The summed E-state index contributed by atoms with van der Waals surface area (Å²) in [6.07, 6.45) is 7.56. The van der Waals surface area contributed by atoms with Gasteiger partial charge in [0.15, 0.2) is 0 Å². The van der Waals surface area contributed by atoms with Crippen molar-refractivity contribution < 1.29 is 9.59 Å². The van der Waals surface area contributed by atoms with Crippen LogP contribution < -0.4 is 5.32 Å². The second-order valence-electron chi connectivity index (χ2n) is 7.94. The molecule has 0 radical (unpaired) electrons. The zero-order valence-corrected chi connectivity index (χ0v) is 15.9. The Morgan fingerprint density at radius 2 is 2.00 bits per heavy atom. The van der Waals surface area contributed by atoms with Crippen LogP contribution in [-0.2, 0) is 4.79 Å². The lowest BCUT2D eigenvalue weighted by molar-refractivity contribution is -0.124. The lowest BCUT2D eigenvalue weighted by Gasteiger charge is -2.33. The predicted octanol–water partition coefficient (Wildman–Crippen LogP) is 3.49. The van der Waals surface area contributed by atoms with Gasteiger partial charge in [0.1, 0.15) is 5.54 Å². The number of benzene rings is 1. The van der Waals surface area contributed by atoms with Gasteiger partial charge in [-0.15, -0.1) is 0 Å². The summed E-state index contributed by atoms with van der Waals surface area (Å²) in [5.74, 6) is 0.450. The summed E-state index contributed by atoms with van der Waals surface area (Å²) >= 11 is 0. The average molecular weight is 366 g/mol. The van der Waals surface area contributed by atoms with Gasteiger partial charge in [0.05, 0.1) is 17.9 Å². The normalized spacial score (nSPS) is 23.3. The van der Waals surface area contributed by atoms with Crippen molar-refractivity contribution in [2.75, 3.05) is 11.9 Å². The van der Waals surface area contributed by atoms with E-state index in [1.54, 1.807) is 23.2 Å². The first-order valence-corrected chi connectivity index (χ1v) is 9.72. The van der Waals surface area contributed by atoms with Crippen LogP contribution in [0, 0.1) is 5.92 Å². The van der Waals surface area contributed by atoms with E-state index in [2.05, 4.69) is 17.3 Å². The molecule has 2 aliphatic rings. The van der Waals surface area contributed by atoms with E-state index in [9.17, 15) is 9.59 Å². The summed E-state index contributed by atoms with van der Waals surface area (Å²) in [7, 11) is 0. The van der Waals surface area contributed by atoms with Crippen LogP contribution >= 0.6 is 0 Å². The van der Waals surface area contributed by atoms with E-state index in [0.717, 1.165) is 6.42 Å². The zero-order valence-electron chi connectivity index (χ0n) is 15.9. The number of aromatic nitrogens is 2. The molecule has 1 aromatic heterocycles. The first-order chi connectivity index (χ1) is 13.0. The second-order valence-corrected chi connectivity index (χ2v) is 7.94. The van der Waals surface area contributed by atoms with Crippen molar-refractivity contribution in [3.05, 3.63) is 48.3 Å². The largest absolute Gasteiger partial charge is 0.324 e. The maximum atomic E-state index is 13.1. The molecule has 0 spiro atoms. The Balaban J connectivity index is 1.49. The van der Waals surface area contributed by atoms with Gasteiger partial charge in [0.2, 0.25) is 5.91 Å². The predicted molar refractivity (Wildman–Crippen MR) is 103 cm³/mol. The van der Waals surface area contributed by atoms with Crippen LogP contribution in [0.1, 0.15) is 55.9 Å². The van der Waals surface area contributed by atoms with Gasteiger partial charge in [-0.05, 0) is 57.6 Å². The molecule has 142 valence electrons. The van der Waals surface area contributed by atoms with Crippen molar-refractivity contribution in [2.45, 2.75) is 51.1 Å². The molecule has 1 saturated carbocycles. The monoisotopic (exact) mass is 366 g/mol. The van der Waals surface area contributed by atoms with E-state index in [1.165, 1.54) is 12.8 Å². The standard InChI is InChI=1S/C21H26N4O2/c1-15(16-9-10-16)25-14-18(13-22-25)23-20(27)21(2)11-6-12-24(21)19(26)17-7-4-3-5-8-17/h3-5,7-8,13-16H,6,9-12H2,1-2H3,(H,23,27). The number of amides is 2. The number of likely N-dealkylation sites (tertiary alicyclic amines) is 1. The van der Waals surface area contributed by atoms with Gasteiger partial charge in [0.25, 0.3) is 5.91 Å². The van der Waals surface area contributed by atoms with Gasteiger partial charge in [-0.2, -0.15) is 5.10 Å². The lowest BCUT2D eigenvalue weighted by Crippen LogP contribution is -2.53. The lowest BCUT2D eigenvalue weighted by atomic mass is 9.96. The molecule has 2 aromatic rings. The fourth-order valence-corrected chi connectivity index (χ4v) is 3.95. The average Bonchev–Trinajstić information content (AvgIpc) is 3.30. The highest BCUT2D eigenvalue weighted by Gasteiger charge is 2.46. The summed E-state index contributed by atoms with van der Waals surface area (Å²) in [6, 6.07) is 9.51. The zero-order chi connectivity index (χ0) is 19.0. The van der Waals surface area contributed by atoms with Crippen molar-refractivity contribution in [2.24, 2.45) is 5.92 Å². The molecule has 27 heavy (non-hydrogen) atoms. The quantitative estimate of drug-likeness (QED) is 0.881. The number of nitrogens with zero attached hydrogens (tertiary/aromatic N) is 3. The molecule has 1 aliphatic carbocycles. The van der Waals surface area contributed by atoms with Gasteiger partial charge in [-0.25, -0.2) is 0 Å². The number of rotatable bonds is 5. The molecule has 4 rings (SSSR count). The Labute approximate surface area is 159 Å². The maximum absolute atomic E-state index is 13.1. The van der Waals surface area contributed by atoms with Crippen LogP contribution in [0.15, 0.2) is 42.7 Å². The summed E-state index contributed by atoms with van der Waals surface area (Å²) < 4.78 is 1.93. The maximum Gasteiger partial charge on any atom is 0.254 e. The Morgan fingerprint density at radius 1 is 1.26 bits per heavy atom. The topological polar surface area (TPSA) is 67.2 Å². The Bertz CT molecular complexity index is 843. The fourth-order valence-electron chi connectivity index (χ4n) is 3.95. The van der Waals surface area contributed by atoms with Crippen LogP contribution in [0.2, 0.25) is 0 Å². The molecule has 6 heteroatoms. The molecule has 2 amide bonds. The highest BCUT2D eigenvalue weighted by molar-refractivity contribution is 6.03. The summed E-state index contributed by atoms with van der Waals surface area (Å²) in [6.45, 7) is 4.61. The molecule has 1 aliphatic heterocycles. The molecule has 1 saturated heterocycles. The van der Waals surface area contributed by atoms with Crippen molar-refractivity contribution in [3.8, 4) is 0 Å². The summed E-state index contributed by atoms with van der Waals surface area (Å²) in [5, 5.41) is 7.38. The molecule has 6 nitrogen and oxygen atoms in total. The molecular weight excluding hydrogens is 340 g/mol. The molecular formula is C21H26N4O2. The SMILES string of the molecule is CC(C1CC1)n1cc(NC(=O)C2(C)CCCN2C(=O)c2ccccc2)cn1. The number of carbonyl (C=O) groups is 2. The third-order valence-electron chi connectivity index (χ3n) is 5.98. The molecule has 2 unspecified atom stereocenters. The van der Waals surface area contributed by atoms with Gasteiger partial charge in [-0.1, -0.05) is 18.2 Å². The second kappa shape index (κ2) is 6.83. The van der Waals surface area contributed by atoms with Crippen molar-refractivity contribution >= 4 is 17.5 Å². The van der Waals surface area contributed by atoms with Crippen LogP contribution in [0.4, 0.5) is 5.69 Å². The molecule has 1 aromatic carbocycles. The van der Waals surface area contributed by atoms with Gasteiger partial charge < -0.3 is 10.2 Å². The van der Waals surface area contributed by atoms with Crippen LogP contribution in [0.5, 0.6) is 0 Å². The van der Waals surface area contributed by atoms with Gasteiger partial charge in [-0.3, -0.25) is 14.3 Å².